The number of benzene rings is 2. The molecular weight excluding hydrogens is 404 g/mol. The number of methoxy groups -OCH3 is 2. The molecule has 0 spiro atoms. The SMILES string of the molecule is COc1ccc([C@@H](C)NC(=O)CCc2ccc(S(=O)(=O)NC(C)C)cc2)cc1OC. The molecule has 2 aromatic carbocycles. The second-order valence-electron chi connectivity index (χ2n) is 7.32. The molecule has 0 aliphatic carbocycles. The fourth-order valence-corrected chi connectivity index (χ4v) is 4.24. The molecule has 2 N–H and O–H groups in total. The van der Waals surface area contributed by atoms with E-state index in [1.54, 1.807) is 58.4 Å². The molecule has 2 rings (SSSR count). The Labute approximate surface area is 178 Å². The number of amides is 1. The summed E-state index contributed by atoms with van der Waals surface area (Å²) in [4.78, 5) is 12.6. The average Bonchev–Trinajstić information content (AvgIpc) is 2.71. The van der Waals surface area contributed by atoms with Crippen LogP contribution in [0.4, 0.5) is 0 Å². The van der Waals surface area contributed by atoms with Gasteiger partial charge in [0, 0.05) is 12.5 Å². The van der Waals surface area contributed by atoms with E-state index in [0.29, 0.717) is 24.3 Å². The number of carbonyl (C=O) groups excluding carboxylic acids is 1. The topological polar surface area (TPSA) is 93.7 Å². The number of rotatable bonds is 10. The van der Waals surface area contributed by atoms with E-state index in [-0.39, 0.29) is 22.9 Å². The van der Waals surface area contributed by atoms with Crippen LogP contribution < -0.4 is 19.5 Å². The number of ether oxygens (including phenoxy) is 2. The zero-order valence-corrected chi connectivity index (χ0v) is 18.9. The molecule has 0 aliphatic heterocycles. The summed E-state index contributed by atoms with van der Waals surface area (Å²) >= 11 is 0. The van der Waals surface area contributed by atoms with Gasteiger partial charge in [-0.2, -0.15) is 0 Å². The van der Waals surface area contributed by atoms with Gasteiger partial charge in [-0.05, 0) is 62.6 Å². The first-order valence-corrected chi connectivity index (χ1v) is 11.3. The van der Waals surface area contributed by atoms with E-state index < -0.39 is 10.0 Å². The van der Waals surface area contributed by atoms with E-state index in [0.717, 1.165) is 11.1 Å². The van der Waals surface area contributed by atoms with E-state index in [1.165, 1.54) is 0 Å². The highest BCUT2D eigenvalue weighted by atomic mass is 32.2. The molecule has 30 heavy (non-hydrogen) atoms. The van der Waals surface area contributed by atoms with Crippen molar-refractivity contribution in [1.29, 1.82) is 0 Å². The first-order valence-electron chi connectivity index (χ1n) is 9.79. The lowest BCUT2D eigenvalue weighted by atomic mass is 10.1. The number of hydrogen-bond donors (Lipinski definition) is 2. The highest BCUT2D eigenvalue weighted by molar-refractivity contribution is 7.89. The Balaban J connectivity index is 1.93. The Morgan fingerprint density at radius 2 is 1.60 bits per heavy atom. The molecule has 1 atom stereocenters. The lowest BCUT2D eigenvalue weighted by Crippen LogP contribution is -2.30. The van der Waals surface area contributed by atoms with E-state index >= 15 is 0 Å². The summed E-state index contributed by atoms with van der Waals surface area (Å²) < 4.78 is 37.4. The molecule has 0 aliphatic rings. The van der Waals surface area contributed by atoms with Crippen molar-refractivity contribution in [1.82, 2.24) is 10.0 Å². The smallest absolute Gasteiger partial charge is 0.240 e. The quantitative estimate of drug-likeness (QED) is 0.599. The third-order valence-corrected chi connectivity index (χ3v) is 6.22. The van der Waals surface area contributed by atoms with E-state index in [9.17, 15) is 13.2 Å². The van der Waals surface area contributed by atoms with Crippen LogP contribution >= 0.6 is 0 Å². The van der Waals surface area contributed by atoms with Crippen molar-refractivity contribution in [2.75, 3.05) is 14.2 Å². The Morgan fingerprint density at radius 3 is 2.17 bits per heavy atom. The van der Waals surface area contributed by atoms with Gasteiger partial charge in [0.25, 0.3) is 0 Å². The van der Waals surface area contributed by atoms with Gasteiger partial charge in [-0.1, -0.05) is 18.2 Å². The minimum absolute atomic E-state index is 0.0875. The van der Waals surface area contributed by atoms with Crippen molar-refractivity contribution in [3.63, 3.8) is 0 Å². The summed E-state index contributed by atoms with van der Waals surface area (Å²) in [5, 5.41) is 2.97. The maximum atomic E-state index is 12.4. The molecule has 7 nitrogen and oxygen atoms in total. The van der Waals surface area contributed by atoms with Crippen LogP contribution in [-0.4, -0.2) is 34.6 Å². The molecule has 0 unspecified atom stereocenters. The minimum atomic E-state index is -3.51. The molecule has 0 fully saturated rings. The number of sulfonamides is 1. The van der Waals surface area contributed by atoms with Crippen molar-refractivity contribution in [3.8, 4) is 11.5 Å². The molecule has 0 heterocycles. The van der Waals surface area contributed by atoms with Crippen LogP contribution in [-0.2, 0) is 21.2 Å². The van der Waals surface area contributed by atoms with E-state index in [2.05, 4.69) is 10.0 Å². The van der Waals surface area contributed by atoms with Gasteiger partial charge in [0.05, 0.1) is 25.2 Å². The van der Waals surface area contributed by atoms with Gasteiger partial charge in [-0.15, -0.1) is 0 Å². The maximum Gasteiger partial charge on any atom is 0.240 e. The summed E-state index contributed by atoms with van der Waals surface area (Å²) in [7, 11) is -0.369. The van der Waals surface area contributed by atoms with Crippen LogP contribution in [0.25, 0.3) is 0 Å². The summed E-state index contributed by atoms with van der Waals surface area (Å²) in [5.41, 5.74) is 1.81. The van der Waals surface area contributed by atoms with Crippen molar-refractivity contribution >= 4 is 15.9 Å². The Hall–Kier alpha value is -2.58. The fraction of sp³-hybridized carbons (Fsp3) is 0.409. The lowest BCUT2D eigenvalue weighted by molar-refractivity contribution is -0.121. The van der Waals surface area contributed by atoms with Crippen LogP contribution in [0.15, 0.2) is 47.4 Å². The third-order valence-electron chi connectivity index (χ3n) is 4.55. The molecular formula is C22H30N2O5S. The highest BCUT2D eigenvalue weighted by Gasteiger charge is 2.16. The van der Waals surface area contributed by atoms with Crippen LogP contribution in [0, 0.1) is 0 Å². The van der Waals surface area contributed by atoms with Crippen LogP contribution in [0.2, 0.25) is 0 Å². The Bertz CT molecular complexity index is 956. The van der Waals surface area contributed by atoms with Crippen LogP contribution in [0.1, 0.15) is 44.4 Å². The predicted molar refractivity (Wildman–Crippen MR) is 116 cm³/mol. The molecule has 0 bridgehead atoms. The zero-order chi connectivity index (χ0) is 22.3. The summed E-state index contributed by atoms with van der Waals surface area (Å²) in [6.45, 7) is 5.45. The van der Waals surface area contributed by atoms with Gasteiger partial charge < -0.3 is 14.8 Å². The van der Waals surface area contributed by atoms with Gasteiger partial charge in [0.15, 0.2) is 11.5 Å². The predicted octanol–water partition coefficient (Wildman–Crippen LogP) is 3.20. The van der Waals surface area contributed by atoms with Gasteiger partial charge in [-0.25, -0.2) is 13.1 Å². The van der Waals surface area contributed by atoms with Gasteiger partial charge in [0.1, 0.15) is 0 Å². The molecule has 0 saturated heterocycles. The zero-order valence-electron chi connectivity index (χ0n) is 18.1. The number of nitrogens with one attached hydrogen (secondary N) is 2. The highest BCUT2D eigenvalue weighted by Crippen LogP contribution is 2.29. The third kappa shape index (κ3) is 6.47. The summed E-state index contributed by atoms with van der Waals surface area (Å²) in [6.07, 6.45) is 0.816. The van der Waals surface area contributed by atoms with Gasteiger partial charge in [0.2, 0.25) is 15.9 Å². The molecule has 0 radical (unpaired) electrons. The van der Waals surface area contributed by atoms with Crippen LogP contribution in [0.3, 0.4) is 0 Å². The first kappa shape index (κ1) is 23.7. The van der Waals surface area contributed by atoms with Crippen molar-refractivity contribution in [2.24, 2.45) is 0 Å². The minimum Gasteiger partial charge on any atom is -0.493 e. The number of aryl methyl sites for hydroxylation is 1. The Morgan fingerprint density at radius 1 is 0.967 bits per heavy atom. The van der Waals surface area contributed by atoms with Gasteiger partial charge in [-0.3, -0.25) is 4.79 Å². The molecule has 8 heteroatoms. The molecule has 2 aromatic rings. The largest absolute Gasteiger partial charge is 0.493 e. The van der Waals surface area contributed by atoms with Crippen molar-refractivity contribution in [3.05, 3.63) is 53.6 Å². The monoisotopic (exact) mass is 434 g/mol. The van der Waals surface area contributed by atoms with Crippen molar-refractivity contribution < 1.29 is 22.7 Å². The van der Waals surface area contributed by atoms with Crippen LogP contribution in [0.5, 0.6) is 11.5 Å². The van der Waals surface area contributed by atoms with E-state index in [1.807, 2.05) is 19.1 Å². The van der Waals surface area contributed by atoms with E-state index in [4.69, 9.17) is 9.47 Å². The fourth-order valence-electron chi connectivity index (χ4n) is 2.99. The summed E-state index contributed by atoms with van der Waals surface area (Å²) in [5.74, 6) is 1.15. The molecule has 0 aromatic heterocycles. The second kappa shape index (κ2) is 10.4. The Kier molecular flexibility index (Phi) is 8.25. The average molecular weight is 435 g/mol. The van der Waals surface area contributed by atoms with Gasteiger partial charge >= 0.3 is 0 Å². The normalized spacial score (nSPS) is 12.5. The molecule has 0 saturated carbocycles. The first-order chi connectivity index (χ1) is 14.2. The second-order valence-corrected chi connectivity index (χ2v) is 9.04. The standard InChI is InChI=1S/C22H30N2O5S/c1-15(2)24-30(26,27)19-10-6-17(7-11-19)8-13-22(25)23-16(3)18-9-12-20(28-4)21(14-18)29-5/h6-7,9-12,14-16,24H,8,13H2,1-5H3,(H,23,25)/t16-/m1/s1. The number of carbonyl (C=O) groups is 1. The molecule has 1 amide bonds. The lowest BCUT2D eigenvalue weighted by Gasteiger charge is -2.16. The summed E-state index contributed by atoms with van der Waals surface area (Å²) in [6, 6.07) is 11.8. The number of hydrogen-bond acceptors (Lipinski definition) is 5. The van der Waals surface area contributed by atoms with Crippen molar-refractivity contribution in [2.45, 2.75) is 50.6 Å². The maximum absolute atomic E-state index is 12.4. The molecule has 164 valence electrons.